The minimum absolute atomic E-state index is 0.0169. The lowest BCUT2D eigenvalue weighted by Crippen LogP contribution is -2.17. The number of phenolic OH excluding ortho intramolecular Hbond substituents is 1. The molecule has 0 fully saturated rings. The third kappa shape index (κ3) is 4.05. The lowest BCUT2D eigenvalue weighted by molar-refractivity contribution is 0.0955. The number of benzene rings is 2. The number of rotatable bonds is 5. The zero-order valence-corrected chi connectivity index (χ0v) is 11.9. The predicted octanol–water partition coefficient (Wildman–Crippen LogP) is 2.69. The van der Waals surface area contributed by atoms with E-state index in [0.717, 1.165) is 0 Å². The zero-order valence-electron chi connectivity index (χ0n) is 11.9. The Morgan fingerprint density at radius 1 is 1.32 bits per heavy atom. The maximum absolute atomic E-state index is 12.8. The van der Waals surface area contributed by atoms with E-state index in [-0.39, 0.29) is 11.3 Å². The molecule has 0 heterocycles. The van der Waals surface area contributed by atoms with Crippen LogP contribution in [0, 0.1) is 5.82 Å². The van der Waals surface area contributed by atoms with Gasteiger partial charge in [0.15, 0.2) is 0 Å². The van der Waals surface area contributed by atoms with E-state index < -0.39 is 11.7 Å². The van der Waals surface area contributed by atoms with Crippen molar-refractivity contribution >= 4 is 12.1 Å². The van der Waals surface area contributed by atoms with Crippen LogP contribution in [0.5, 0.6) is 11.5 Å². The highest BCUT2D eigenvalue weighted by Crippen LogP contribution is 2.21. The normalized spacial score (nSPS) is 10.6. The molecule has 0 unspecified atom stereocenters. The third-order valence-electron chi connectivity index (χ3n) is 2.79. The average molecular weight is 302 g/mol. The summed E-state index contributed by atoms with van der Waals surface area (Å²) in [4.78, 5) is 11.8. The number of amides is 1. The average Bonchev–Trinajstić information content (AvgIpc) is 2.51. The Morgan fingerprint density at radius 3 is 2.73 bits per heavy atom. The second kappa shape index (κ2) is 7.21. The maximum Gasteiger partial charge on any atom is 0.271 e. The molecule has 22 heavy (non-hydrogen) atoms. The van der Waals surface area contributed by atoms with Gasteiger partial charge in [0, 0.05) is 11.1 Å². The van der Waals surface area contributed by atoms with Crippen molar-refractivity contribution in [1.29, 1.82) is 0 Å². The molecule has 1 amide bonds. The third-order valence-corrected chi connectivity index (χ3v) is 2.79. The maximum atomic E-state index is 12.8. The van der Waals surface area contributed by atoms with Gasteiger partial charge in [-0.15, -0.1) is 0 Å². The van der Waals surface area contributed by atoms with Crippen molar-refractivity contribution in [2.45, 2.75) is 6.92 Å². The molecule has 0 atom stereocenters. The van der Waals surface area contributed by atoms with Crippen molar-refractivity contribution in [2.75, 3.05) is 6.61 Å². The van der Waals surface area contributed by atoms with Gasteiger partial charge in [0.05, 0.1) is 12.8 Å². The van der Waals surface area contributed by atoms with Gasteiger partial charge in [-0.1, -0.05) is 0 Å². The van der Waals surface area contributed by atoms with E-state index in [1.165, 1.54) is 36.5 Å². The largest absolute Gasteiger partial charge is 0.507 e. The van der Waals surface area contributed by atoms with Gasteiger partial charge in [-0.05, 0) is 49.4 Å². The first-order valence-electron chi connectivity index (χ1n) is 6.65. The van der Waals surface area contributed by atoms with Crippen molar-refractivity contribution in [3.05, 3.63) is 59.4 Å². The minimum atomic E-state index is -0.475. The minimum Gasteiger partial charge on any atom is -0.507 e. The molecule has 0 aromatic heterocycles. The van der Waals surface area contributed by atoms with Crippen LogP contribution in [0.25, 0.3) is 0 Å². The van der Waals surface area contributed by atoms with E-state index in [1.807, 2.05) is 6.92 Å². The van der Waals surface area contributed by atoms with Gasteiger partial charge >= 0.3 is 0 Å². The number of hydrogen-bond acceptors (Lipinski definition) is 4. The summed E-state index contributed by atoms with van der Waals surface area (Å²) >= 11 is 0. The van der Waals surface area contributed by atoms with Crippen LogP contribution in [-0.4, -0.2) is 23.8 Å². The molecule has 0 saturated heterocycles. The Balaban J connectivity index is 2.04. The van der Waals surface area contributed by atoms with E-state index in [0.29, 0.717) is 17.9 Å². The van der Waals surface area contributed by atoms with Crippen molar-refractivity contribution in [3.63, 3.8) is 0 Å². The molecule has 0 bridgehead atoms. The summed E-state index contributed by atoms with van der Waals surface area (Å²) in [5.41, 5.74) is 2.99. The van der Waals surface area contributed by atoms with Gasteiger partial charge in [0.2, 0.25) is 0 Å². The molecule has 0 aliphatic rings. The van der Waals surface area contributed by atoms with Crippen LogP contribution in [0.1, 0.15) is 22.8 Å². The Kier molecular flexibility index (Phi) is 5.08. The first-order chi connectivity index (χ1) is 10.6. The molecule has 114 valence electrons. The second-order valence-corrected chi connectivity index (χ2v) is 4.36. The van der Waals surface area contributed by atoms with Crippen molar-refractivity contribution in [1.82, 2.24) is 5.43 Å². The number of halogens is 1. The van der Waals surface area contributed by atoms with Gasteiger partial charge < -0.3 is 9.84 Å². The van der Waals surface area contributed by atoms with E-state index in [4.69, 9.17) is 4.74 Å². The summed E-state index contributed by atoms with van der Waals surface area (Å²) in [5.74, 6) is -0.288. The van der Waals surface area contributed by atoms with Crippen LogP contribution in [-0.2, 0) is 0 Å². The molecule has 2 N–H and O–H groups in total. The van der Waals surface area contributed by atoms with E-state index in [9.17, 15) is 14.3 Å². The van der Waals surface area contributed by atoms with E-state index in [2.05, 4.69) is 10.5 Å². The fourth-order valence-electron chi connectivity index (χ4n) is 1.72. The Labute approximate surface area is 127 Å². The summed E-state index contributed by atoms with van der Waals surface area (Å²) < 4.78 is 18.1. The number of nitrogens with one attached hydrogen (secondary N) is 1. The molecular weight excluding hydrogens is 287 g/mol. The Hall–Kier alpha value is -2.89. The fraction of sp³-hybridized carbons (Fsp3) is 0.125. The lowest BCUT2D eigenvalue weighted by atomic mass is 10.2. The van der Waals surface area contributed by atoms with E-state index in [1.54, 1.807) is 12.1 Å². The highest BCUT2D eigenvalue weighted by atomic mass is 19.1. The number of aromatic hydroxyl groups is 1. The zero-order chi connectivity index (χ0) is 15.9. The summed E-state index contributed by atoms with van der Waals surface area (Å²) in [6.45, 7) is 2.35. The summed E-state index contributed by atoms with van der Waals surface area (Å²) in [7, 11) is 0. The predicted molar refractivity (Wildman–Crippen MR) is 80.7 cm³/mol. The first kappa shape index (κ1) is 15.5. The number of hydrogen-bond donors (Lipinski definition) is 2. The SMILES string of the molecule is CCOc1ccc(O)c(/C=N\NC(=O)c2ccc(F)cc2)c1. The highest BCUT2D eigenvalue weighted by molar-refractivity contribution is 5.95. The van der Waals surface area contributed by atoms with Crippen molar-refractivity contribution in [2.24, 2.45) is 5.10 Å². The first-order valence-corrected chi connectivity index (χ1v) is 6.65. The number of phenols is 1. The van der Waals surface area contributed by atoms with Crippen LogP contribution in [0.15, 0.2) is 47.6 Å². The molecule has 2 aromatic rings. The van der Waals surface area contributed by atoms with Gasteiger partial charge in [-0.2, -0.15) is 5.10 Å². The van der Waals surface area contributed by atoms with Crippen molar-refractivity contribution < 1.29 is 19.0 Å². The standard InChI is InChI=1S/C16H15FN2O3/c1-2-22-14-7-8-15(20)12(9-14)10-18-19-16(21)11-3-5-13(17)6-4-11/h3-10,20H,2H2,1H3,(H,19,21)/b18-10-. The number of carbonyl (C=O) groups is 1. The summed E-state index contributed by atoms with van der Waals surface area (Å²) in [5, 5.41) is 13.5. The number of carbonyl (C=O) groups excluding carboxylic acids is 1. The van der Waals surface area contributed by atoms with Crippen LogP contribution in [0.2, 0.25) is 0 Å². The molecule has 0 aliphatic heterocycles. The Morgan fingerprint density at radius 2 is 2.05 bits per heavy atom. The monoisotopic (exact) mass is 302 g/mol. The number of nitrogens with zero attached hydrogens (tertiary/aromatic N) is 1. The molecule has 0 aliphatic carbocycles. The molecular formula is C16H15FN2O3. The van der Waals surface area contributed by atoms with E-state index >= 15 is 0 Å². The van der Waals surface area contributed by atoms with Crippen LogP contribution in [0.3, 0.4) is 0 Å². The second-order valence-electron chi connectivity index (χ2n) is 4.36. The summed E-state index contributed by atoms with van der Waals surface area (Å²) in [6, 6.07) is 9.81. The molecule has 0 saturated carbocycles. The van der Waals surface area contributed by atoms with Gasteiger partial charge in [-0.25, -0.2) is 9.82 Å². The summed E-state index contributed by atoms with van der Waals surface area (Å²) in [6.07, 6.45) is 1.30. The fourth-order valence-corrected chi connectivity index (χ4v) is 1.72. The molecule has 5 nitrogen and oxygen atoms in total. The molecule has 2 rings (SSSR count). The number of ether oxygens (including phenoxy) is 1. The van der Waals surface area contributed by atoms with Crippen LogP contribution >= 0.6 is 0 Å². The molecule has 0 radical (unpaired) electrons. The molecule has 6 heteroatoms. The van der Waals surface area contributed by atoms with Crippen LogP contribution in [0.4, 0.5) is 4.39 Å². The van der Waals surface area contributed by atoms with Crippen LogP contribution < -0.4 is 10.2 Å². The molecule has 0 spiro atoms. The Bertz CT molecular complexity index is 684. The topological polar surface area (TPSA) is 70.9 Å². The lowest BCUT2D eigenvalue weighted by Gasteiger charge is -2.05. The van der Waals surface area contributed by atoms with Crippen molar-refractivity contribution in [3.8, 4) is 11.5 Å². The molecule has 2 aromatic carbocycles. The van der Waals surface area contributed by atoms with Gasteiger partial charge in [-0.3, -0.25) is 4.79 Å². The number of hydrazone groups is 1. The smallest absolute Gasteiger partial charge is 0.271 e. The highest BCUT2D eigenvalue weighted by Gasteiger charge is 2.04. The van der Waals surface area contributed by atoms with Gasteiger partial charge in [0.25, 0.3) is 5.91 Å². The van der Waals surface area contributed by atoms with Gasteiger partial charge in [0.1, 0.15) is 17.3 Å². The quantitative estimate of drug-likeness (QED) is 0.659.